The molecule has 4 heteroatoms. The minimum absolute atomic E-state index is 0.465. The first-order valence-electron chi connectivity index (χ1n) is 6.81. The molecule has 0 fully saturated rings. The van der Waals surface area contributed by atoms with E-state index < -0.39 is 12.0 Å². The molecule has 0 spiro atoms. The Kier molecular flexibility index (Phi) is 4.60. The second kappa shape index (κ2) is 6.41. The topological polar surface area (TPSA) is 58.6 Å². The maximum atomic E-state index is 11.6. The van der Waals surface area contributed by atoms with Crippen molar-refractivity contribution in [3.63, 3.8) is 0 Å². The lowest BCUT2D eigenvalue weighted by Gasteiger charge is -2.15. The lowest BCUT2D eigenvalue weighted by molar-refractivity contribution is -0.123. The van der Waals surface area contributed by atoms with Crippen LogP contribution in [-0.2, 0) is 4.79 Å². The van der Waals surface area contributed by atoms with Gasteiger partial charge in [-0.15, -0.1) is 0 Å². The maximum Gasteiger partial charge on any atom is 0.253 e. The van der Waals surface area contributed by atoms with E-state index in [0.29, 0.717) is 11.4 Å². The molecule has 2 aromatic carbocycles. The number of rotatable bonds is 4. The Morgan fingerprint density at radius 3 is 2.33 bits per heavy atom. The van der Waals surface area contributed by atoms with E-state index in [2.05, 4.69) is 5.32 Å². The van der Waals surface area contributed by atoms with E-state index in [9.17, 15) is 9.90 Å². The minimum Gasteiger partial charge on any atom is -0.455 e. The lowest BCUT2D eigenvalue weighted by atomic mass is 10.1. The molecule has 1 unspecified atom stereocenters. The van der Waals surface area contributed by atoms with Crippen molar-refractivity contribution in [3.05, 3.63) is 53.6 Å². The summed E-state index contributed by atoms with van der Waals surface area (Å²) in [5.74, 6) is 0.854. The fraction of sp³-hybridized carbons (Fsp3) is 0.235. The van der Waals surface area contributed by atoms with E-state index in [0.717, 1.165) is 16.9 Å². The van der Waals surface area contributed by atoms with E-state index in [-0.39, 0.29) is 0 Å². The van der Waals surface area contributed by atoms with Crippen LogP contribution in [0.3, 0.4) is 0 Å². The lowest BCUT2D eigenvalue weighted by Crippen LogP contribution is -2.24. The molecule has 2 aromatic rings. The average Bonchev–Trinajstić information content (AvgIpc) is 2.44. The van der Waals surface area contributed by atoms with Crippen LogP contribution < -0.4 is 10.1 Å². The molecule has 2 rings (SSSR count). The molecule has 1 amide bonds. The number of amides is 1. The Bertz CT molecular complexity index is 630. The number of carbonyl (C=O) groups excluding carboxylic acids is 1. The minimum atomic E-state index is -1.07. The first-order chi connectivity index (χ1) is 9.99. The van der Waals surface area contributed by atoms with Crippen molar-refractivity contribution in [2.75, 3.05) is 5.32 Å². The van der Waals surface area contributed by atoms with Crippen molar-refractivity contribution >= 4 is 11.6 Å². The van der Waals surface area contributed by atoms with E-state index in [1.807, 2.05) is 38.1 Å². The molecule has 0 aromatic heterocycles. The monoisotopic (exact) mass is 285 g/mol. The number of aryl methyl sites for hydroxylation is 2. The highest BCUT2D eigenvalue weighted by Crippen LogP contribution is 2.33. The van der Waals surface area contributed by atoms with E-state index >= 15 is 0 Å². The molecule has 0 aliphatic rings. The van der Waals surface area contributed by atoms with Gasteiger partial charge in [-0.25, -0.2) is 0 Å². The molecule has 0 saturated carbocycles. The van der Waals surface area contributed by atoms with Crippen LogP contribution in [-0.4, -0.2) is 17.1 Å². The normalized spacial score (nSPS) is 11.8. The average molecular weight is 285 g/mol. The fourth-order valence-electron chi connectivity index (χ4n) is 1.97. The zero-order valence-electron chi connectivity index (χ0n) is 12.4. The Balaban J connectivity index is 2.31. The molecular weight excluding hydrogens is 266 g/mol. The Labute approximate surface area is 124 Å². The molecule has 1 atom stereocenters. The molecule has 2 N–H and O–H groups in total. The third-order valence-electron chi connectivity index (χ3n) is 3.15. The number of nitrogens with one attached hydrogen (secondary N) is 1. The smallest absolute Gasteiger partial charge is 0.253 e. The van der Waals surface area contributed by atoms with Gasteiger partial charge < -0.3 is 15.2 Å². The first kappa shape index (κ1) is 15.1. The van der Waals surface area contributed by atoms with Gasteiger partial charge in [-0.05, 0) is 44.0 Å². The van der Waals surface area contributed by atoms with Crippen molar-refractivity contribution in [3.8, 4) is 11.5 Å². The van der Waals surface area contributed by atoms with Gasteiger partial charge in [-0.3, -0.25) is 4.79 Å². The summed E-state index contributed by atoms with van der Waals surface area (Å²) in [6.45, 7) is 5.36. The summed E-state index contributed by atoms with van der Waals surface area (Å²) in [6.07, 6.45) is -1.07. The maximum absolute atomic E-state index is 11.6. The Hall–Kier alpha value is -2.33. The molecule has 0 radical (unpaired) electrons. The third-order valence-corrected chi connectivity index (χ3v) is 3.15. The highest BCUT2D eigenvalue weighted by atomic mass is 16.5. The second-order valence-electron chi connectivity index (χ2n) is 4.98. The largest absolute Gasteiger partial charge is 0.455 e. The number of hydrogen-bond donors (Lipinski definition) is 2. The van der Waals surface area contributed by atoms with Crippen LogP contribution in [0.25, 0.3) is 0 Å². The van der Waals surface area contributed by atoms with Crippen molar-refractivity contribution in [2.45, 2.75) is 26.9 Å². The number of ether oxygens (including phenoxy) is 1. The molecule has 4 nitrogen and oxygen atoms in total. The third kappa shape index (κ3) is 3.61. The highest BCUT2D eigenvalue weighted by Gasteiger charge is 2.13. The summed E-state index contributed by atoms with van der Waals surface area (Å²) in [7, 11) is 0. The van der Waals surface area contributed by atoms with Crippen LogP contribution in [0.1, 0.15) is 18.1 Å². The molecule has 21 heavy (non-hydrogen) atoms. The van der Waals surface area contributed by atoms with Gasteiger partial charge in [0.05, 0.1) is 5.69 Å². The quantitative estimate of drug-likeness (QED) is 0.905. The molecule has 110 valence electrons. The van der Waals surface area contributed by atoms with Crippen molar-refractivity contribution in [2.24, 2.45) is 0 Å². The highest BCUT2D eigenvalue weighted by molar-refractivity contribution is 5.95. The van der Waals surface area contributed by atoms with Gasteiger partial charge in [-0.2, -0.15) is 0 Å². The predicted octanol–water partition coefficient (Wildman–Crippen LogP) is 3.42. The van der Waals surface area contributed by atoms with Crippen molar-refractivity contribution < 1.29 is 14.6 Å². The second-order valence-corrected chi connectivity index (χ2v) is 4.98. The van der Waals surface area contributed by atoms with Crippen molar-refractivity contribution in [1.29, 1.82) is 0 Å². The van der Waals surface area contributed by atoms with E-state index in [4.69, 9.17) is 4.74 Å². The number of aliphatic hydroxyl groups excluding tert-OH is 1. The van der Waals surface area contributed by atoms with Gasteiger partial charge in [0.2, 0.25) is 0 Å². The summed E-state index contributed by atoms with van der Waals surface area (Å²) in [4.78, 5) is 11.6. The number of anilines is 1. The van der Waals surface area contributed by atoms with Gasteiger partial charge in [0, 0.05) is 0 Å². The van der Waals surface area contributed by atoms with Gasteiger partial charge in [0.25, 0.3) is 5.91 Å². The molecular formula is C17H19NO3. The van der Waals surface area contributed by atoms with Crippen LogP contribution in [0.4, 0.5) is 5.69 Å². The summed E-state index contributed by atoms with van der Waals surface area (Å²) in [5.41, 5.74) is 2.57. The van der Waals surface area contributed by atoms with Gasteiger partial charge >= 0.3 is 0 Å². The Morgan fingerprint density at radius 2 is 1.71 bits per heavy atom. The van der Waals surface area contributed by atoms with Crippen LogP contribution in [0.15, 0.2) is 42.5 Å². The SMILES string of the molecule is Cc1cccc(C)c1Oc1ccccc1NC(=O)C(C)O. The van der Waals surface area contributed by atoms with Crippen LogP contribution in [0.5, 0.6) is 11.5 Å². The molecule has 0 aliphatic carbocycles. The van der Waals surface area contributed by atoms with Crippen LogP contribution in [0, 0.1) is 13.8 Å². The molecule has 0 aliphatic heterocycles. The van der Waals surface area contributed by atoms with Crippen LogP contribution >= 0.6 is 0 Å². The molecule has 0 saturated heterocycles. The van der Waals surface area contributed by atoms with Gasteiger partial charge in [-0.1, -0.05) is 30.3 Å². The number of para-hydroxylation sites is 3. The Morgan fingerprint density at radius 1 is 1.10 bits per heavy atom. The molecule has 0 heterocycles. The zero-order valence-corrected chi connectivity index (χ0v) is 12.4. The summed E-state index contributed by atoms with van der Waals surface area (Å²) < 4.78 is 5.96. The van der Waals surface area contributed by atoms with Crippen molar-refractivity contribution in [1.82, 2.24) is 0 Å². The van der Waals surface area contributed by atoms with Crippen LogP contribution in [0.2, 0.25) is 0 Å². The van der Waals surface area contributed by atoms with Gasteiger partial charge in [0.1, 0.15) is 11.9 Å². The predicted molar refractivity (Wildman–Crippen MR) is 82.7 cm³/mol. The summed E-state index contributed by atoms with van der Waals surface area (Å²) >= 11 is 0. The standard InChI is InChI=1S/C17H19NO3/c1-11-7-6-8-12(2)16(11)21-15-10-5-4-9-14(15)18-17(20)13(3)19/h4-10,13,19H,1-3H3,(H,18,20). The number of carbonyl (C=O) groups is 1. The number of benzene rings is 2. The number of hydrogen-bond acceptors (Lipinski definition) is 3. The van der Waals surface area contributed by atoms with E-state index in [1.54, 1.807) is 18.2 Å². The van der Waals surface area contributed by atoms with E-state index in [1.165, 1.54) is 6.92 Å². The zero-order chi connectivity index (χ0) is 15.4. The molecule has 0 bridgehead atoms. The van der Waals surface area contributed by atoms with Gasteiger partial charge in [0.15, 0.2) is 5.75 Å². The first-order valence-corrected chi connectivity index (χ1v) is 6.81. The number of aliphatic hydroxyl groups is 1. The summed E-state index contributed by atoms with van der Waals surface area (Å²) in [5, 5.41) is 12.0. The fourth-order valence-corrected chi connectivity index (χ4v) is 1.97. The summed E-state index contributed by atoms with van der Waals surface area (Å²) in [6, 6.07) is 13.1.